The summed E-state index contributed by atoms with van der Waals surface area (Å²) in [6.45, 7) is 6.83. The maximum Gasteiger partial charge on any atom is 0.0103 e. The lowest BCUT2D eigenvalue weighted by molar-refractivity contribution is 0.280. The average molecular weight is 167 g/mol. The zero-order valence-corrected chi connectivity index (χ0v) is 8.56. The van der Waals surface area contributed by atoms with Crippen LogP contribution in [-0.4, -0.2) is 11.6 Å². The molecule has 1 heteroatoms. The monoisotopic (exact) mass is 167 g/mol. The summed E-state index contributed by atoms with van der Waals surface area (Å²) in [5.74, 6) is 2.07. The van der Waals surface area contributed by atoms with Gasteiger partial charge in [-0.15, -0.1) is 0 Å². The van der Waals surface area contributed by atoms with E-state index < -0.39 is 0 Å². The summed E-state index contributed by atoms with van der Waals surface area (Å²) < 4.78 is 0. The summed E-state index contributed by atoms with van der Waals surface area (Å²) in [7, 11) is 0. The van der Waals surface area contributed by atoms with Gasteiger partial charge in [-0.25, -0.2) is 0 Å². The van der Waals surface area contributed by atoms with Gasteiger partial charge in [0.2, 0.25) is 0 Å². The smallest absolute Gasteiger partial charge is 0.0103 e. The van der Waals surface area contributed by atoms with Crippen molar-refractivity contribution in [3.05, 3.63) is 0 Å². The minimum atomic E-state index is 0.315. The second-order valence-electron chi connectivity index (χ2n) is 5.68. The Labute approximate surface area is 75.9 Å². The number of hydrogen-bond acceptors (Lipinski definition) is 1. The first-order valence-electron chi connectivity index (χ1n) is 5.32. The fourth-order valence-electron chi connectivity index (χ4n) is 2.98. The van der Waals surface area contributed by atoms with Crippen LogP contribution in [-0.2, 0) is 0 Å². The van der Waals surface area contributed by atoms with E-state index in [1.165, 1.54) is 25.7 Å². The largest absolute Gasteiger partial charge is 0.309 e. The third kappa shape index (κ3) is 1.66. The van der Waals surface area contributed by atoms with E-state index in [2.05, 4.69) is 26.1 Å². The van der Waals surface area contributed by atoms with Crippen LogP contribution in [0.15, 0.2) is 0 Å². The SMILES string of the molecule is CC(C)(C)NC1CC2CCC1C2. The van der Waals surface area contributed by atoms with Gasteiger partial charge in [-0.05, 0) is 51.9 Å². The molecule has 0 aromatic carbocycles. The quantitative estimate of drug-likeness (QED) is 0.633. The minimum absolute atomic E-state index is 0.315. The Morgan fingerprint density at radius 3 is 2.25 bits per heavy atom. The first-order chi connectivity index (χ1) is 5.54. The molecule has 2 rings (SSSR count). The highest BCUT2D eigenvalue weighted by atomic mass is 15.0. The Hall–Kier alpha value is -0.0400. The van der Waals surface area contributed by atoms with Gasteiger partial charge >= 0.3 is 0 Å². The predicted octanol–water partition coefficient (Wildman–Crippen LogP) is 2.56. The maximum atomic E-state index is 3.75. The van der Waals surface area contributed by atoms with Gasteiger partial charge in [0.15, 0.2) is 0 Å². The van der Waals surface area contributed by atoms with E-state index in [1.807, 2.05) is 0 Å². The van der Waals surface area contributed by atoms with Crippen LogP contribution in [0, 0.1) is 11.8 Å². The standard InChI is InChI=1S/C11H21N/c1-11(2,3)12-10-7-8-4-5-9(10)6-8/h8-10,12H,4-7H2,1-3H3. The van der Waals surface area contributed by atoms with Crippen LogP contribution in [0.3, 0.4) is 0 Å². The molecule has 3 unspecified atom stereocenters. The lowest BCUT2D eigenvalue weighted by Gasteiger charge is -2.31. The van der Waals surface area contributed by atoms with Crippen LogP contribution >= 0.6 is 0 Å². The van der Waals surface area contributed by atoms with Gasteiger partial charge < -0.3 is 5.32 Å². The summed E-state index contributed by atoms with van der Waals surface area (Å²) in [4.78, 5) is 0. The summed E-state index contributed by atoms with van der Waals surface area (Å²) in [5.41, 5.74) is 0.315. The first-order valence-corrected chi connectivity index (χ1v) is 5.32. The summed E-state index contributed by atoms with van der Waals surface area (Å²) in [6.07, 6.45) is 5.95. The van der Waals surface area contributed by atoms with E-state index in [0.717, 1.165) is 17.9 Å². The van der Waals surface area contributed by atoms with Gasteiger partial charge in [-0.1, -0.05) is 6.42 Å². The Bertz CT molecular complexity index is 168. The molecule has 0 amide bonds. The molecule has 0 saturated heterocycles. The molecule has 0 aliphatic heterocycles. The van der Waals surface area contributed by atoms with Crippen molar-refractivity contribution in [2.75, 3.05) is 0 Å². The van der Waals surface area contributed by atoms with Crippen LogP contribution in [0.1, 0.15) is 46.5 Å². The highest BCUT2D eigenvalue weighted by Crippen LogP contribution is 2.44. The molecular weight excluding hydrogens is 146 g/mol. The van der Waals surface area contributed by atoms with Gasteiger partial charge in [0.05, 0.1) is 0 Å². The molecule has 2 bridgehead atoms. The van der Waals surface area contributed by atoms with Crippen LogP contribution in [0.2, 0.25) is 0 Å². The average Bonchev–Trinajstić information content (AvgIpc) is 2.42. The van der Waals surface area contributed by atoms with Crippen molar-refractivity contribution in [1.29, 1.82) is 0 Å². The topological polar surface area (TPSA) is 12.0 Å². The van der Waals surface area contributed by atoms with Crippen molar-refractivity contribution >= 4 is 0 Å². The van der Waals surface area contributed by atoms with Gasteiger partial charge in [0.1, 0.15) is 0 Å². The van der Waals surface area contributed by atoms with E-state index in [1.54, 1.807) is 0 Å². The second kappa shape index (κ2) is 2.73. The number of nitrogens with one attached hydrogen (secondary N) is 1. The summed E-state index contributed by atoms with van der Waals surface area (Å²) in [5, 5.41) is 3.75. The molecule has 2 aliphatic carbocycles. The van der Waals surface area contributed by atoms with Crippen LogP contribution in [0.25, 0.3) is 0 Å². The molecule has 70 valence electrons. The Balaban J connectivity index is 1.91. The highest BCUT2D eigenvalue weighted by Gasteiger charge is 2.40. The van der Waals surface area contributed by atoms with Crippen LogP contribution in [0.5, 0.6) is 0 Å². The minimum Gasteiger partial charge on any atom is -0.309 e. The van der Waals surface area contributed by atoms with Crippen molar-refractivity contribution in [1.82, 2.24) is 5.32 Å². The van der Waals surface area contributed by atoms with Crippen molar-refractivity contribution in [3.63, 3.8) is 0 Å². The van der Waals surface area contributed by atoms with Crippen LogP contribution in [0.4, 0.5) is 0 Å². The van der Waals surface area contributed by atoms with Crippen molar-refractivity contribution in [3.8, 4) is 0 Å². The summed E-state index contributed by atoms with van der Waals surface area (Å²) >= 11 is 0. The third-order valence-corrected chi connectivity index (χ3v) is 3.36. The molecule has 2 fully saturated rings. The molecule has 0 aromatic heterocycles. The van der Waals surface area contributed by atoms with Gasteiger partial charge in [-0.2, -0.15) is 0 Å². The molecular formula is C11H21N. The summed E-state index contributed by atoms with van der Waals surface area (Å²) in [6, 6.07) is 0.837. The van der Waals surface area contributed by atoms with Crippen molar-refractivity contribution < 1.29 is 0 Å². The molecule has 0 aromatic rings. The van der Waals surface area contributed by atoms with Crippen LogP contribution < -0.4 is 5.32 Å². The number of rotatable bonds is 1. The zero-order chi connectivity index (χ0) is 8.77. The molecule has 2 aliphatic rings. The fourth-order valence-corrected chi connectivity index (χ4v) is 2.98. The Kier molecular flexibility index (Phi) is 1.95. The number of fused-ring (bicyclic) bond motifs is 2. The van der Waals surface area contributed by atoms with Gasteiger partial charge in [-0.3, -0.25) is 0 Å². The number of hydrogen-bond donors (Lipinski definition) is 1. The fraction of sp³-hybridized carbons (Fsp3) is 1.00. The first kappa shape index (κ1) is 8.55. The third-order valence-electron chi connectivity index (χ3n) is 3.36. The van der Waals surface area contributed by atoms with Gasteiger partial charge in [0, 0.05) is 11.6 Å². The van der Waals surface area contributed by atoms with Crippen molar-refractivity contribution in [2.24, 2.45) is 11.8 Å². The molecule has 0 heterocycles. The van der Waals surface area contributed by atoms with E-state index in [9.17, 15) is 0 Å². The van der Waals surface area contributed by atoms with E-state index in [4.69, 9.17) is 0 Å². The molecule has 0 radical (unpaired) electrons. The van der Waals surface area contributed by atoms with E-state index in [-0.39, 0.29) is 0 Å². The normalized spacial score (nSPS) is 40.8. The maximum absolute atomic E-state index is 3.75. The Morgan fingerprint density at radius 2 is 1.83 bits per heavy atom. The molecule has 1 N–H and O–H groups in total. The van der Waals surface area contributed by atoms with E-state index in [0.29, 0.717) is 5.54 Å². The predicted molar refractivity (Wildman–Crippen MR) is 52.1 cm³/mol. The lowest BCUT2D eigenvalue weighted by atomic mass is 9.93. The Morgan fingerprint density at radius 1 is 1.08 bits per heavy atom. The molecule has 0 spiro atoms. The highest BCUT2D eigenvalue weighted by molar-refractivity contribution is 4.96. The molecule has 3 atom stereocenters. The second-order valence-corrected chi connectivity index (χ2v) is 5.68. The zero-order valence-electron chi connectivity index (χ0n) is 8.56. The molecule has 2 saturated carbocycles. The van der Waals surface area contributed by atoms with E-state index >= 15 is 0 Å². The molecule has 1 nitrogen and oxygen atoms in total. The van der Waals surface area contributed by atoms with Gasteiger partial charge in [0.25, 0.3) is 0 Å². The van der Waals surface area contributed by atoms with Crippen molar-refractivity contribution in [2.45, 2.75) is 58.0 Å². The molecule has 12 heavy (non-hydrogen) atoms. The lowest BCUT2D eigenvalue weighted by Crippen LogP contribution is -2.46.